The van der Waals surface area contributed by atoms with Gasteiger partial charge in [-0.1, -0.05) is 73.7 Å². The van der Waals surface area contributed by atoms with Crippen molar-refractivity contribution in [3.8, 4) is 5.75 Å². The van der Waals surface area contributed by atoms with Crippen molar-refractivity contribution < 1.29 is 14.3 Å². The van der Waals surface area contributed by atoms with Crippen molar-refractivity contribution in [2.45, 2.75) is 51.1 Å². The van der Waals surface area contributed by atoms with Crippen LogP contribution in [0.1, 0.15) is 60.0 Å². The van der Waals surface area contributed by atoms with Crippen LogP contribution in [0, 0.1) is 0 Å². The van der Waals surface area contributed by atoms with E-state index in [0.717, 1.165) is 29.7 Å². The molecule has 1 saturated carbocycles. The van der Waals surface area contributed by atoms with Gasteiger partial charge in [0.15, 0.2) is 11.5 Å². The van der Waals surface area contributed by atoms with E-state index in [1.54, 1.807) is 23.1 Å². The molecule has 1 heterocycles. The summed E-state index contributed by atoms with van der Waals surface area (Å²) in [5, 5.41) is 3.83. The Kier molecular flexibility index (Phi) is 7.38. The van der Waals surface area contributed by atoms with Gasteiger partial charge in [0.05, 0.1) is 12.2 Å². The van der Waals surface area contributed by atoms with E-state index in [1.165, 1.54) is 25.7 Å². The number of para-hydroxylation sites is 2. The van der Waals surface area contributed by atoms with E-state index >= 15 is 0 Å². The number of nitrogens with zero attached hydrogens (tertiary/aromatic N) is 1. The Hall–Kier alpha value is -3.57. The van der Waals surface area contributed by atoms with Crippen LogP contribution in [0.25, 0.3) is 6.08 Å². The summed E-state index contributed by atoms with van der Waals surface area (Å²) in [6, 6.07) is 22.5. The molecule has 6 heteroatoms. The smallest absolute Gasteiger partial charge is 0.294 e. The molecule has 0 radical (unpaired) electrons. The Balaban J connectivity index is 1.34. The fraction of sp³-hybridized carbons (Fsp3) is 0.267. The van der Waals surface area contributed by atoms with E-state index in [4.69, 9.17) is 16.3 Å². The summed E-state index contributed by atoms with van der Waals surface area (Å²) in [5.41, 5.74) is 3.09. The lowest BCUT2D eigenvalue weighted by atomic mass is 10.1. The van der Waals surface area contributed by atoms with Crippen LogP contribution in [0.5, 0.6) is 5.75 Å². The molecule has 5 rings (SSSR count). The molecular formula is C30H29ClN2O3. The first-order chi connectivity index (χ1) is 17.6. The maximum absolute atomic E-state index is 13.4. The summed E-state index contributed by atoms with van der Waals surface area (Å²) >= 11 is 6.03. The Morgan fingerprint density at radius 3 is 2.36 bits per heavy atom. The average Bonchev–Trinajstić information content (AvgIpc) is 3.17. The molecule has 1 aliphatic heterocycles. The van der Waals surface area contributed by atoms with E-state index in [1.807, 2.05) is 60.7 Å². The standard InChI is InChI=1S/C30H29ClN2O3/c31-24-17-13-22(14-18-24)20-33-26-9-5-6-10-27(26)36-28(30(33)35)19-21-11-15-23(16-12-21)29(34)32-25-7-3-1-2-4-8-25/h5-6,9-19,25H,1-4,7-8,20H2,(H,32,34)/b28-19-. The van der Waals surface area contributed by atoms with Gasteiger partial charge in [-0.3, -0.25) is 14.5 Å². The highest BCUT2D eigenvalue weighted by molar-refractivity contribution is 6.30. The second kappa shape index (κ2) is 11.0. The first-order valence-corrected chi connectivity index (χ1v) is 12.9. The lowest BCUT2D eigenvalue weighted by molar-refractivity contribution is -0.117. The number of nitrogens with one attached hydrogen (secondary N) is 1. The highest BCUT2D eigenvalue weighted by atomic mass is 35.5. The van der Waals surface area contributed by atoms with Crippen LogP contribution in [-0.4, -0.2) is 17.9 Å². The molecule has 0 spiro atoms. The number of amides is 2. The van der Waals surface area contributed by atoms with Crippen LogP contribution in [-0.2, 0) is 11.3 Å². The van der Waals surface area contributed by atoms with E-state index in [9.17, 15) is 9.59 Å². The average molecular weight is 501 g/mol. The lowest BCUT2D eigenvalue weighted by Gasteiger charge is -2.30. The number of halogens is 1. The third-order valence-corrected chi connectivity index (χ3v) is 7.00. The number of benzene rings is 3. The zero-order chi connectivity index (χ0) is 24.9. The fourth-order valence-electron chi connectivity index (χ4n) is 4.77. The zero-order valence-electron chi connectivity index (χ0n) is 20.1. The van der Waals surface area contributed by atoms with Crippen LogP contribution < -0.4 is 15.0 Å². The molecule has 0 aromatic heterocycles. The number of carbonyl (C=O) groups is 2. The Bertz CT molecular complexity index is 1260. The van der Waals surface area contributed by atoms with Crippen LogP contribution in [0.15, 0.2) is 78.6 Å². The molecule has 0 unspecified atom stereocenters. The van der Waals surface area contributed by atoms with E-state index in [2.05, 4.69) is 5.32 Å². The van der Waals surface area contributed by atoms with Crippen LogP contribution in [0.3, 0.4) is 0 Å². The van der Waals surface area contributed by atoms with Gasteiger partial charge in [0.1, 0.15) is 0 Å². The molecule has 1 fully saturated rings. The third kappa shape index (κ3) is 5.63. The Morgan fingerprint density at radius 2 is 1.64 bits per heavy atom. The van der Waals surface area contributed by atoms with Gasteiger partial charge in [0.25, 0.3) is 11.8 Å². The highest BCUT2D eigenvalue weighted by Gasteiger charge is 2.30. The first kappa shape index (κ1) is 24.1. The third-order valence-electron chi connectivity index (χ3n) is 6.75. The number of fused-ring (bicyclic) bond motifs is 1. The van der Waals surface area contributed by atoms with E-state index in [0.29, 0.717) is 22.9 Å². The molecule has 0 atom stereocenters. The zero-order valence-corrected chi connectivity index (χ0v) is 20.8. The normalized spacial score (nSPS) is 17.3. The maximum atomic E-state index is 13.4. The molecular weight excluding hydrogens is 472 g/mol. The van der Waals surface area contributed by atoms with Crippen LogP contribution in [0.4, 0.5) is 5.69 Å². The Morgan fingerprint density at radius 1 is 0.944 bits per heavy atom. The van der Waals surface area contributed by atoms with Crippen molar-refractivity contribution in [2.75, 3.05) is 4.90 Å². The number of hydrogen-bond donors (Lipinski definition) is 1. The lowest BCUT2D eigenvalue weighted by Crippen LogP contribution is -2.36. The van der Waals surface area contributed by atoms with Crippen molar-refractivity contribution in [3.05, 3.63) is 100 Å². The summed E-state index contributed by atoms with van der Waals surface area (Å²) < 4.78 is 5.99. The van der Waals surface area contributed by atoms with Crippen molar-refractivity contribution in [1.82, 2.24) is 5.32 Å². The number of carbonyl (C=O) groups excluding carboxylic acids is 2. The van der Waals surface area contributed by atoms with Gasteiger partial charge in [0, 0.05) is 16.6 Å². The van der Waals surface area contributed by atoms with Gasteiger partial charge in [-0.25, -0.2) is 0 Å². The molecule has 1 N–H and O–H groups in total. The molecule has 1 aliphatic carbocycles. The molecule has 2 aliphatic rings. The molecule has 3 aromatic carbocycles. The van der Waals surface area contributed by atoms with Crippen molar-refractivity contribution in [2.24, 2.45) is 0 Å². The minimum atomic E-state index is -0.223. The Labute approximate surface area is 216 Å². The minimum absolute atomic E-state index is 0.0471. The number of hydrogen-bond acceptors (Lipinski definition) is 3. The molecule has 0 saturated heterocycles. The largest absolute Gasteiger partial charge is 0.449 e. The van der Waals surface area contributed by atoms with Gasteiger partial charge in [0.2, 0.25) is 0 Å². The molecule has 0 bridgehead atoms. The summed E-state index contributed by atoms with van der Waals surface area (Å²) in [4.78, 5) is 27.9. The molecule has 2 amide bonds. The van der Waals surface area contributed by atoms with Gasteiger partial charge in [-0.05, 0) is 66.4 Å². The summed E-state index contributed by atoms with van der Waals surface area (Å²) in [7, 11) is 0. The van der Waals surface area contributed by atoms with Gasteiger partial charge in [-0.15, -0.1) is 0 Å². The monoisotopic (exact) mass is 500 g/mol. The second-order valence-corrected chi connectivity index (χ2v) is 9.82. The van der Waals surface area contributed by atoms with Crippen LogP contribution >= 0.6 is 11.6 Å². The molecule has 36 heavy (non-hydrogen) atoms. The SMILES string of the molecule is O=C(NC1CCCCCC1)c1ccc(/C=C2\Oc3ccccc3N(Cc3ccc(Cl)cc3)C2=O)cc1. The summed E-state index contributed by atoms with van der Waals surface area (Å²) in [6.45, 7) is 0.397. The van der Waals surface area contributed by atoms with E-state index < -0.39 is 0 Å². The maximum Gasteiger partial charge on any atom is 0.294 e. The molecule has 5 nitrogen and oxygen atoms in total. The number of rotatable bonds is 5. The van der Waals surface area contributed by atoms with Gasteiger partial charge in [-0.2, -0.15) is 0 Å². The van der Waals surface area contributed by atoms with Crippen molar-refractivity contribution in [1.29, 1.82) is 0 Å². The number of ether oxygens (including phenoxy) is 1. The van der Waals surface area contributed by atoms with Crippen molar-refractivity contribution in [3.63, 3.8) is 0 Å². The minimum Gasteiger partial charge on any atom is -0.449 e. The predicted octanol–water partition coefficient (Wildman–Crippen LogP) is 6.76. The molecule has 184 valence electrons. The highest BCUT2D eigenvalue weighted by Crippen LogP contribution is 2.36. The van der Waals surface area contributed by atoms with Gasteiger partial charge < -0.3 is 10.1 Å². The van der Waals surface area contributed by atoms with E-state index in [-0.39, 0.29) is 23.6 Å². The second-order valence-electron chi connectivity index (χ2n) is 9.38. The van der Waals surface area contributed by atoms with Crippen molar-refractivity contribution >= 4 is 35.2 Å². The summed E-state index contributed by atoms with van der Waals surface area (Å²) in [5.74, 6) is 0.586. The molecule has 3 aromatic rings. The number of anilines is 1. The predicted molar refractivity (Wildman–Crippen MR) is 143 cm³/mol. The topological polar surface area (TPSA) is 58.6 Å². The fourth-order valence-corrected chi connectivity index (χ4v) is 4.89. The van der Waals surface area contributed by atoms with Crippen LogP contribution in [0.2, 0.25) is 5.02 Å². The van der Waals surface area contributed by atoms with Gasteiger partial charge >= 0.3 is 0 Å². The summed E-state index contributed by atoms with van der Waals surface area (Å²) in [6.07, 6.45) is 8.65. The first-order valence-electron chi connectivity index (χ1n) is 12.5. The quantitative estimate of drug-likeness (QED) is 0.311.